The first-order valence-electron chi connectivity index (χ1n) is 3.94. The normalized spacial score (nSPS) is 7.42. The first-order valence-corrected chi connectivity index (χ1v) is 3.94. The lowest BCUT2D eigenvalue weighted by Crippen LogP contribution is -1.87. The highest BCUT2D eigenvalue weighted by Crippen LogP contribution is 1.82. The highest BCUT2D eigenvalue weighted by atomic mass is 15.1. The van der Waals surface area contributed by atoms with Gasteiger partial charge in [-0.05, 0) is 26.1 Å². The Morgan fingerprint density at radius 2 is 1.83 bits per heavy atom. The minimum atomic E-state index is 0.750. The van der Waals surface area contributed by atoms with Gasteiger partial charge in [0.2, 0.25) is 0 Å². The van der Waals surface area contributed by atoms with Crippen LogP contribution in [0, 0.1) is 6.92 Å². The second kappa shape index (κ2) is 12.8. The Bertz CT molecular complexity index is 135. The summed E-state index contributed by atoms with van der Waals surface area (Å²) in [5.41, 5.74) is 10.5. The van der Waals surface area contributed by atoms with Gasteiger partial charge in [-0.15, -0.1) is 0 Å². The van der Waals surface area contributed by atoms with E-state index in [2.05, 4.69) is 17.1 Å². The van der Waals surface area contributed by atoms with E-state index in [-0.39, 0.29) is 0 Å². The molecule has 0 bridgehead atoms. The summed E-state index contributed by atoms with van der Waals surface area (Å²) in [7, 11) is 0. The van der Waals surface area contributed by atoms with E-state index < -0.39 is 0 Å². The number of H-pyrrole nitrogens is 1. The van der Waals surface area contributed by atoms with Crippen molar-refractivity contribution in [2.45, 2.75) is 13.8 Å². The quantitative estimate of drug-likeness (QED) is 0.532. The Labute approximate surface area is 74.3 Å². The van der Waals surface area contributed by atoms with Crippen molar-refractivity contribution < 1.29 is 0 Å². The van der Waals surface area contributed by atoms with Crippen LogP contribution in [0.3, 0.4) is 0 Å². The number of nitrogens with two attached hydrogens (primary N) is 2. The molecule has 1 aromatic heterocycles. The molecule has 1 aromatic rings. The van der Waals surface area contributed by atoms with Crippen LogP contribution in [0.4, 0.5) is 0 Å². The maximum Gasteiger partial charge on any atom is 0.0625 e. The molecular weight excluding hydrogens is 152 g/mol. The maximum atomic E-state index is 4.85. The SMILES string of the molecule is CCN.CCN.[CH2]c1cc[nH]n1. The van der Waals surface area contributed by atoms with Gasteiger partial charge in [0.05, 0.1) is 5.69 Å². The molecule has 0 spiro atoms. The van der Waals surface area contributed by atoms with Crippen molar-refractivity contribution in [2.75, 3.05) is 13.1 Å². The number of rotatable bonds is 0. The highest BCUT2D eigenvalue weighted by molar-refractivity contribution is 4.99. The van der Waals surface area contributed by atoms with E-state index in [1.807, 2.05) is 13.8 Å². The number of nitrogens with zero attached hydrogens (tertiary/aromatic N) is 1. The fraction of sp³-hybridized carbons (Fsp3) is 0.500. The smallest absolute Gasteiger partial charge is 0.0625 e. The van der Waals surface area contributed by atoms with E-state index in [4.69, 9.17) is 11.5 Å². The fourth-order valence-electron chi connectivity index (χ4n) is 0.291. The third-order valence-electron chi connectivity index (χ3n) is 0.558. The van der Waals surface area contributed by atoms with Gasteiger partial charge < -0.3 is 11.5 Å². The standard InChI is InChI=1S/C4H5N2.2C2H7N/c1-4-2-3-5-6-4;2*1-2-3/h2-3H,1H2,(H,5,6);2*2-3H2,1H3. The van der Waals surface area contributed by atoms with E-state index in [0.717, 1.165) is 18.8 Å². The third-order valence-corrected chi connectivity index (χ3v) is 0.558. The molecule has 0 aliphatic rings. The van der Waals surface area contributed by atoms with Gasteiger partial charge in [-0.25, -0.2) is 0 Å². The first-order chi connectivity index (χ1) is 5.72. The van der Waals surface area contributed by atoms with Crippen LogP contribution in [0.5, 0.6) is 0 Å². The van der Waals surface area contributed by atoms with E-state index in [1.54, 1.807) is 12.3 Å². The van der Waals surface area contributed by atoms with E-state index in [0.29, 0.717) is 0 Å². The van der Waals surface area contributed by atoms with Crippen molar-refractivity contribution in [3.05, 3.63) is 24.9 Å². The lowest BCUT2D eigenvalue weighted by atomic mass is 10.5. The number of aromatic nitrogens is 2. The molecule has 1 radical (unpaired) electrons. The lowest BCUT2D eigenvalue weighted by molar-refractivity contribution is 1.07. The monoisotopic (exact) mass is 171 g/mol. The fourth-order valence-corrected chi connectivity index (χ4v) is 0.291. The summed E-state index contributed by atoms with van der Waals surface area (Å²) in [5.74, 6) is 0. The van der Waals surface area contributed by atoms with Crippen LogP contribution in [0.1, 0.15) is 19.5 Å². The molecule has 5 N–H and O–H groups in total. The van der Waals surface area contributed by atoms with Crippen molar-refractivity contribution in [3.63, 3.8) is 0 Å². The molecule has 0 aromatic carbocycles. The average Bonchev–Trinajstić information content (AvgIpc) is 2.43. The molecule has 0 fully saturated rings. The Kier molecular flexibility index (Phi) is 14.6. The highest BCUT2D eigenvalue weighted by Gasteiger charge is 1.75. The van der Waals surface area contributed by atoms with Crippen molar-refractivity contribution in [2.24, 2.45) is 11.5 Å². The van der Waals surface area contributed by atoms with Crippen molar-refractivity contribution >= 4 is 0 Å². The van der Waals surface area contributed by atoms with Crippen molar-refractivity contribution in [3.8, 4) is 0 Å². The summed E-state index contributed by atoms with van der Waals surface area (Å²) in [4.78, 5) is 0. The molecule has 1 heterocycles. The van der Waals surface area contributed by atoms with Gasteiger partial charge in [-0.2, -0.15) is 5.10 Å². The molecule has 1 rings (SSSR count). The molecule has 0 saturated carbocycles. The molecule has 12 heavy (non-hydrogen) atoms. The largest absolute Gasteiger partial charge is 0.331 e. The molecule has 71 valence electrons. The zero-order chi connectivity index (χ0) is 9.82. The number of hydrogen-bond acceptors (Lipinski definition) is 3. The van der Waals surface area contributed by atoms with Crippen LogP contribution < -0.4 is 11.5 Å². The minimum absolute atomic E-state index is 0.750. The predicted molar refractivity (Wildman–Crippen MR) is 52.5 cm³/mol. The van der Waals surface area contributed by atoms with E-state index >= 15 is 0 Å². The summed E-state index contributed by atoms with van der Waals surface area (Å²) in [5, 5.41) is 6.30. The molecular formula is C8H19N4. The summed E-state index contributed by atoms with van der Waals surface area (Å²) in [6.45, 7) is 8.84. The summed E-state index contributed by atoms with van der Waals surface area (Å²) >= 11 is 0. The van der Waals surface area contributed by atoms with Gasteiger partial charge in [-0.1, -0.05) is 13.8 Å². The number of nitrogens with one attached hydrogen (secondary N) is 1. The number of aromatic amines is 1. The molecule has 4 heteroatoms. The van der Waals surface area contributed by atoms with E-state index in [1.165, 1.54) is 0 Å². The topological polar surface area (TPSA) is 80.7 Å². The molecule has 0 amide bonds. The first kappa shape index (κ1) is 13.7. The zero-order valence-electron chi connectivity index (χ0n) is 7.88. The summed E-state index contributed by atoms with van der Waals surface area (Å²) in [6.07, 6.45) is 1.74. The van der Waals surface area contributed by atoms with Crippen LogP contribution >= 0.6 is 0 Å². The predicted octanol–water partition coefficient (Wildman–Crippen LogP) is 0.522. The molecule has 0 aliphatic heterocycles. The average molecular weight is 171 g/mol. The second-order valence-corrected chi connectivity index (χ2v) is 1.88. The summed E-state index contributed by atoms with van der Waals surface area (Å²) in [6, 6.07) is 1.81. The van der Waals surface area contributed by atoms with Gasteiger partial charge in [0.25, 0.3) is 0 Å². The Morgan fingerprint density at radius 3 is 1.92 bits per heavy atom. The van der Waals surface area contributed by atoms with Gasteiger partial charge in [0, 0.05) is 6.20 Å². The minimum Gasteiger partial charge on any atom is -0.331 e. The Hall–Kier alpha value is -0.870. The molecule has 0 atom stereocenters. The van der Waals surface area contributed by atoms with Crippen molar-refractivity contribution in [1.82, 2.24) is 10.2 Å². The number of hydrogen-bond donors (Lipinski definition) is 3. The Morgan fingerprint density at radius 1 is 1.42 bits per heavy atom. The molecule has 0 saturated heterocycles. The van der Waals surface area contributed by atoms with Crippen LogP contribution in [0.25, 0.3) is 0 Å². The molecule has 4 nitrogen and oxygen atoms in total. The lowest BCUT2D eigenvalue weighted by Gasteiger charge is -1.64. The maximum absolute atomic E-state index is 4.85. The second-order valence-electron chi connectivity index (χ2n) is 1.88. The van der Waals surface area contributed by atoms with Gasteiger partial charge in [0.1, 0.15) is 0 Å². The van der Waals surface area contributed by atoms with Crippen molar-refractivity contribution in [1.29, 1.82) is 0 Å². The van der Waals surface area contributed by atoms with Crippen LogP contribution in [-0.2, 0) is 0 Å². The third kappa shape index (κ3) is 16.1. The molecule has 0 aliphatic carbocycles. The zero-order valence-corrected chi connectivity index (χ0v) is 7.88. The van der Waals surface area contributed by atoms with Crippen LogP contribution in [-0.4, -0.2) is 23.3 Å². The Balaban J connectivity index is 0. The van der Waals surface area contributed by atoms with Crippen LogP contribution in [0.15, 0.2) is 12.3 Å². The molecule has 0 unspecified atom stereocenters. The van der Waals surface area contributed by atoms with Gasteiger partial charge in [0.15, 0.2) is 0 Å². The summed E-state index contributed by atoms with van der Waals surface area (Å²) < 4.78 is 0. The van der Waals surface area contributed by atoms with E-state index in [9.17, 15) is 0 Å². The van der Waals surface area contributed by atoms with Crippen LogP contribution in [0.2, 0.25) is 0 Å². The van der Waals surface area contributed by atoms with Gasteiger partial charge in [-0.3, -0.25) is 5.10 Å². The van der Waals surface area contributed by atoms with Gasteiger partial charge >= 0.3 is 0 Å².